The van der Waals surface area contributed by atoms with Crippen LogP contribution >= 0.6 is 11.8 Å². The van der Waals surface area contributed by atoms with Gasteiger partial charge in [0.1, 0.15) is 6.04 Å². The van der Waals surface area contributed by atoms with Crippen LogP contribution in [0.3, 0.4) is 0 Å². The third-order valence-electron chi connectivity index (χ3n) is 5.54. The zero-order valence-electron chi connectivity index (χ0n) is 13.4. The summed E-state index contributed by atoms with van der Waals surface area (Å²) in [5.74, 6) is 3.20. The Balaban J connectivity index is 1.52. The molecule has 1 aromatic rings. The third-order valence-corrected chi connectivity index (χ3v) is 6.55. The Morgan fingerprint density at radius 2 is 2.00 bits per heavy atom. The Bertz CT molecular complexity index is 578. The second kappa shape index (κ2) is 6.09. The predicted octanol–water partition coefficient (Wildman–Crippen LogP) is 2.56. The molecule has 0 bridgehead atoms. The van der Waals surface area contributed by atoms with Gasteiger partial charge in [0, 0.05) is 11.7 Å². The summed E-state index contributed by atoms with van der Waals surface area (Å²) in [6.45, 7) is 0. The van der Waals surface area contributed by atoms with E-state index in [9.17, 15) is 4.79 Å². The topological polar surface area (TPSA) is 85.2 Å². The van der Waals surface area contributed by atoms with Crippen molar-refractivity contribution in [2.24, 2.45) is 11.7 Å². The molecule has 23 heavy (non-hydrogen) atoms. The van der Waals surface area contributed by atoms with Crippen LogP contribution in [-0.2, 0) is 10.3 Å². The van der Waals surface area contributed by atoms with Crippen molar-refractivity contribution in [3.05, 3.63) is 11.7 Å². The largest absolute Gasteiger partial charge is 0.337 e. The van der Waals surface area contributed by atoms with Gasteiger partial charge in [-0.1, -0.05) is 30.8 Å². The van der Waals surface area contributed by atoms with E-state index in [1.807, 2.05) is 4.90 Å². The van der Waals surface area contributed by atoms with E-state index in [1.54, 1.807) is 11.8 Å². The van der Waals surface area contributed by atoms with Gasteiger partial charge in [0.05, 0.1) is 11.4 Å². The Hall–Kier alpha value is -1.08. The van der Waals surface area contributed by atoms with E-state index < -0.39 is 5.54 Å². The zero-order valence-corrected chi connectivity index (χ0v) is 14.2. The number of hydrogen-bond donors (Lipinski definition) is 1. The van der Waals surface area contributed by atoms with Crippen LogP contribution in [0.15, 0.2) is 4.52 Å². The number of nitrogens with zero attached hydrogens (tertiary/aromatic N) is 3. The normalized spacial score (nSPS) is 27.9. The number of nitrogens with two attached hydrogens (primary N) is 1. The monoisotopic (exact) mass is 336 g/mol. The van der Waals surface area contributed by atoms with Crippen molar-refractivity contribution in [3.63, 3.8) is 0 Å². The molecule has 0 spiro atoms. The van der Waals surface area contributed by atoms with E-state index in [4.69, 9.17) is 10.3 Å². The van der Waals surface area contributed by atoms with Crippen LogP contribution in [0.5, 0.6) is 0 Å². The molecule has 7 heteroatoms. The van der Waals surface area contributed by atoms with E-state index in [0.29, 0.717) is 11.7 Å². The van der Waals surface area contributed by atoms with E-state index >= 15 is 0 Å². The maximum atomic E-state index is 12.8. The molecule has 1 amide bonds. The average molecular weight is 336 g/mol. The standard InChI is InChI=1S/C16H24N4O2S/c17-16(7-3-4-8-16)15-18-13(22-19-15)12-9-23-10-20(12)14(21)11-5-1-2-6-11/h11-12H,1-10,17H2. The number of aromatic nitrogens is 2. The molecule has 2 N–H and O–H groups in total. The van der Waals surface area contributed by atoms with Crippen LogP contribution in [0, 0.1) is 5.92 Å². The van der Waals surface area contributed by atoms with Crippen LogP contribution in [0.2, 0.25) is 0 Å². The SMILES string of the molecule is NC1(c2noc(C3CSCN3C(=O)C3CCCC3)n2)CCCC1. The summed E-state index contributed by atoms with van der Waals surface area (Å²) in [6, 6.07) is -0.0839. The lowest BCUT2D eigenvalue weighted by Crippen LogP contribution is -2.36. The molecule has 1 saturated heterocycles. The molecule has 2 saturated carbocycles. The average Bonchev–Trinajstić information content (AvgIpc) is 3.30. The molecule has 4 rings (SSSR count). The summed E-state index contributed by atoms with van der Waals surface area (Å²) in [7, 11) is 0. The van der Waals surface area contributed by atoms with Crippen molar-refractivity contribution in [2.75, 3.05) is 11.6 Å². The smallest absolute Gasteiger partial charge is 0.250 e. The lowest BCUT2D eigenvalue weighted by Gasteiger charge is -2.24. The van der Waals surface area contributed by atoms with Gasteiger partial charge in [-0.15, -0.1) is 11.8 Å². The van der Waals surface area contributed by atoms with Gasteiger partial charge in [-0.05, 0) is 25.7 Å². The first-order valence-corrected chi connectivity index (χ1v) is 9.84. The Labute approximate surface area is 140 Å². The number of rotatable bonds is 3. The summed E-state index contributed by atoms with van der Waals surface area (Å²) in [4.78, 5) is 19.3. The fourth-order valence-electron chi connectivity index (χ4n) is 4.07. The minimum atomic E-state index is -0.437. The van der Waals surface area contributed by atoms with Gasteiger partial charge >= 0.3 is 0 Å². The quantitative estimate of drug-likeness (QED) is 0.913. The van der Waals surface area contributed by atoms with Crippen molar-refractivity contribution < 1.29 is 9.32 Å². The van der Waals surface area contributed by atoms with Crippen molar-refractivity contribution in [2.45, 2.75) is 62.9 Å². The van der Waals surface area contributed by atoms with Crippen LogP contribution in [0.4, 0.5) is 0 Å². The van der Waals surface area contributed by atoms with Gasteiger partial charge in [-0.25, -0.2) is 0 Å². The number of amides is 1. The molecule has 0 radical (unpaired) electrons. The van der Waals surface area contributed by atoms with E-state index in [0.717, 1.165) is 50.2 Å². The molecule has 1 aromatic heterocycles. The molecule has 1 unspecified atom stereocenters. The molecule has 3 aliphatic rings. The lowest BCUT2D eigenvalue weighted by atomic mass is 9.98. The van der Waals surface area contributed by atoms with Crippen molar-refractivity contribution in [1.29, 1.82) is 0 Å². The van der Waals surface area contributed by atoms with E-state index in [1.165, 1.54) is 12.8 Å². The van der Waals surface area contributed by atoms with Crippen LogP contribution in [0.1, 0.15) is 69.1 Å². The summed E-state index contributed by atoms with van der Waals surface area (Å²) >= 11 is 1.76. The second-order valence-electron chi connectivity index (χ2n) is 7.12. The van der Waals surface area contributed by atoms with Gasteiger partial charge in [0.25, 0.3) is 0 Å². The third kappa shape index (κ3) is 2.78. The summed E-state index contributed by atoms with van der Waals surface area (Å²) < 4.78 is 5.52. The first-order chi connectivity index (χ1) is 11.2. The molecule has 6 nitrogen and oxygen atoms in total. The van der Waals surface area contributed by atoms with Gasteiger partial charge in [-0.3, -0.25) is 4.79 Å². The number of hydrogen-bond acceptors (Lipinski definition) is 6. The van der Waals surface area contributed by atoms with Gasteiger partial charge in [-0.2, -0.15) is 4.98 Å². The molecule has 1 aliphatic heterocycles. The first kappa shape index (κ1) is 15.4. The molecule has 1 atom stereocenters. The minimum absolute atomic E-state index is 0.0839. The maximum absolute atomic E-state index is 12.8. The number of thioether (sulfide) groups is 1. The second-order valence-corrected chi connectivity index (χ2v) is 8.12. The summed E-state index contributed by atoms with van der Waals surface area (Å²) in [6.07, 6.45) is 8.44. The van der Waals surface area contributed by atoms with Crippen molar-refractivity contribution in [3.8, 4) is 0 Å². The van der Waals surface area contributed by atoms with Crippen LogP contribution < -0.4 is 5.73 Å². The highest BCUT2D eigenvalue weighted by molar-refractivity contribution is 7.99. The number of carbonyl (C=O) groups is 1. The van der Waals surface area contributed by atoms with Gasteiger partial charge < -0.3 is 15.2 Å². The lowest BCUT2D eigenvalue weighted by molar-refractivity contribution is -0.136. The Kier molecular flexibility index (Phi) is 4.09. The van der Waals surface area contributed by atoms with Crippen molar-refractivity contribution in [1.82, 2.24) is 15.0 Å². The zero-order chi connectivity index (χ0) is 15.9. The summed E-state index contributed by atoms with van der Waals surface area (Å²) in [5.41, 5.74) is 5.98. The molecule has 126 valence electrons. The predicted molar refractivity (Wildman–Crippen MR) is 87.5 cm³/mol. The maximum Gasteiger partial charge on any atom is 0.250 e. The van der Waals surface area contributed by atoms with Crippen LogP contribution in [-0.4, -0.2) is 32.6 Å². The highest BCUT2D eigenvalue weighted by atomic mass is 32.2. The van der Waals surface area contributed by atoms with Gasteiger partial charge in [0.2, 0.25) is 11.8 Å². The van der Waals surface area contributed by atoms with Crippen LogP contribution in [0.25, 0.3) is 0 Å². The van der Waals surface area contributed by atoms with Gasteiger partial charge in [0.15, 0.2) is 5.82 Å². The highest BCUT2D eigenvalue weighted by Gasteiger charge is 2.41. The fraction of sp³-hybridized carbons (Fsp3) is 0.812. The molecule has 2 aliphatic carbocycles. The number of carbonyl (C=O) groups excluding carboxylic acids is 1. The Morgan fingerprint density at radius 1 is 1.26 bits per heavy atom. The summed E-state index contributed by atoms with van der Waals surface area (Å²) in [5, 5.41) is 4.15. The fourth-order valence-corrected chi connectivity index (χ4v) is 5.23. The molecule has 2 heterocycles. The Morgan fingerprint density at radius 3 is 2.74 bits per heavy atom. The van der Waals surface area contributed by atoms with E-state index in [2.05, 4.69) is 10.1 Å². The van der Waals surface area contributed by atoms with Crippen molar-refractivity contribution >= 4 is 17.7 Å². The molecular weight excluding hydrogens is 312 g/mol. The van der Waals surface area contributed by atoms with E-state index in [-0.39, 0.29) is 17.9 Å². The molecule has 0 aromatic carbocycles. The first-order valence-electron chi connectivity index (χ1n) is 8.68. The minimum Gasteiger partial charge on any atom is -0.337 e. The molecule has 3 fully saturated rings. The highest BCUT2D eigenvalue weighted by Crippen LogP contribution is 2.39. The molecular formula is C16H24N4O2S.